The van der Waals surface area contributed by atoms with E-state index >= 15 is 0 Å². The molecule has 1 N–H and O–H groups in total. The van der Waals surface area contributed by atoms with Crippen molar-refractivity contribution in [1.29, 1.82) is 0 Å². The lowest BCUT2D eigenvalue weighted by molar-refractivity contribution is 0.282. The Bertz CT molecular complexity index is 341. The number of hydrogen-bond donors (Lipinski definition) is 1. The van der Waals surface area contributed by atoms with Gasteiger partial charge < -0.3 is 10.0 Å². The SMILES string of the molecule is CCCC(C)N(C)c1ccc(CO)c(Cl)c1. The fourth-order valence-electron chi connectivity index (χ4n) is 1.75. The van der Waals surface area contributed by atoms with Crippen LogP contribution in [0.5, 0.6) is 0 Å². The van der Waals surface area contributed by atoms with Gasteiger partial charge in [-0.05, 0) is 31.0 Å². The number of halogens is 1. The van der Waals surface area contributed by atoms with Crippen molar-refractivity contribution in [2.24, 2.45) is 0 Å². The van der Waals surface area contributed by atoms with Crippen LogP contribution in [0.4, 0.5) is 5.69 Å². The summed E-state index contributed by atoms with van der Waals surface area (Å²) in [6.45, 7) is 4.39. The first-order valence-electron chi connectivity index (χ1n) is 5.72. The molecule has 1 aromatic rings. The van der Waals surface area contributed by atoms with Crippen molar-refractivity contribution in [3.05, 3.63) is 28.8 Å². The number of aliphatic hydroxyl groups is 1. The van der Waals surface area contributed by atoms with Crippen LogP contribution in [-0.2, 0) is 6.61 Å². The van der Waals surface area contributed by atoms with E-state index in [-0.39, 0.29) is 6.61 Å². The second kappa shape index (κ2) is 6.12. The normalized spacial score (nSPS) is 12.6. The summed E-state index contributed by atoms with van der Waals surface area (Å²) >= 11 is 6.07. The Morgan fingerprint density at radius 2 is 2.12 bits per heavy atom. The number of anilines is 1. The quantitative estimate of drug-likeness (QED) is 0.854. The van der Waals surface area contributed by atoms with E-state index in [9.17, 15) is 0 Å². The number of hydrogen-bond acceptors (Lipinski definition) is 2. The second-order valence-corrected chi connectivity index (χ2v) is 4.59. The Labute approximate surface area is 103 Å². The van der Waals surface area contributed by atoms with Crippen molar-refractivity contribution < 1.29 is 5.11 Å². The third kappa shape index (κ3) is 3.13. The lowest BCUT2D eigenvalue weighted by atomic mass is 10.1. The first-order valence-corrected chi connectivity index (χ1v) is 6.10. The number of nitrogens with zero attached hydrogens (tertiary/aromatic N) is 1. The van der Waals surface area contributed by atoms with Gasteiger partial charge in [-0.2, -0.15) is 0 Å². The highest BCUT2D eigenvalue weighted by molar-refractivity contribution is 6.31. The Balaban J connectivity index is 2.84. The zero-order chi connectivity index (χ0) is 12.1. The molecule has 0 fully saturated rings. The lowest BCUT2D eigenvalue weighted by Crippen LogP contribution is -2.28. The predicted molar refractivity (Wildman–Crippen MR) is 70.1 cm³/mol. The topological polar surface area (TPSA) is 23.5 Å². The Hall–Kier alpha value is -0.730. The summed E-state index contributed by atoms with van der Waals surface area (Å²) in [6, 6.07) is 6.30. The van der Waals surface area contributed by atoms with Gasteiger partial charge in [0.05, 0.1) is 6.61 Å². The van der Waals surface area contributed by atoms with E-state index in [1.165, 1.54) is 6.42 Å². The van der Waals surface area contributed by atoms with Gasteiger partial charge in [0.2, 0.25) is 0 Å². The van der Waals surface area contributed by atoms with Crippen LogP contribution < -0.4 is 4.90 Å². The number of benzene rings is 1. The van der Waals surface area contributed by atoms with Crippen LogP contribution in [0, 0.1) is 0 Å². The number of rotatable bonds is 5. The van der Waals surface area contributed by atoms with Crippen LogP contribution >= 0.6 is 11.6 Å². The molecule has 3 heteroatoms. The van der Waals surface area contributed by atoms with Gasteiger partial charge in [-0.3, -0.25) is 0 Å². The molecule has 90 valence electrons. The molecule has 0 bridgehead atoms. The van der Waals surface area contributed by atoms with Gasteiger partial charge in [0.15, 0.2) is 0 Å². The third-order valence-corrected chi connectivity index (χ3v) is 3.33. The molecular weight excluding hydrogens is 222 g/mol. The van der Waals surface area contributed by atoms with E-state index in [4.69, 9.17) is 16.7 Å². The van der Waals surface area contributed by atoms with Crippen molar-refractivity contribution in [2.45, 2.75) is 39.3 Å². The van der Waals surface area contributed by atoms with Gasteiger partial charge in [0.1, 0.15) is 0 Å². The molecule has 0 aliphatic carbocycles. The van der Waals surface area contributed by atoms with E-state index in [1.54, 1.807) is 0 Å². The summed E-state index contributed by atoms with van der Waals surface area (Å²) < 4.78 is 0. The van der Waals surface area contributed by atoms with Crippen molar-refractivity contribution in [3.8, 4) is 0 Å². The van der Waals surface area contributed by atoms with Gasteiger partial charge >= 0.3 is 0 Å². The van der Waals surface area contributed by atoms with Crippen molar-refractivity contribution in [2.75, 3.05) is 11.9 Å². The van der Waals surface area contributed by atoms with E-state index in [0.29, 0.717) is 11.1 Å². The van der Waals surface area contributed by atoms with Crippen molar-refractivity contribution in [3.63, 3.8) is 0 Å². The highest BCUT2D eigenvalue weighted by Gasteiger charge is 2.10. The monoisotopic (exact) mass is 241 g/mol. The lowest BCUT2D eigenvalue weighted by Gasteiger charge is -2.27. The maximum Gasteiger partial charge on any atom is 0.0696 e. The van der Waals surface area contributed by atoms with Crippen LogP contribution in [0.25, 0.3) is 0 Å². The van der Waals surface area contributed by atoms with Gasteiger partial charge in [-0.25, -0.2) is 0 Å². The standard InChI is InChI=1S/C13H20ClNO/c1-4-5-10(2)15(3)12-7-6-11(9-16)13(14)8-12/h6-8,10,16H,4-5,9H2,1-3H3. The molecule has 1 atom stereocenters. The molecule has 0 saturated heterocycles. The minimum atomic E-state index is -0.00661. The number of aliphatic hydroxyl groups excluding tert-OH is 1. The van der Waals surface area contributed by atoms with E-state index in [1.807, 2.05) is 18.2 Å². The molecule has 1 unspecified atom stereocenters. The summed E-state index contributed by atoms with van der Waals surface area (Å²) in [5.74, 6) is 0. The molecule has 2 nitrogen and oxygen atoms in total. The Kier molecular flexibility index (Phi) is 5.10. The fraction of sp³-hybridized carbons (Fsp3) is 0.538. The minimum Gasteiger partial charge on any atom is -0.392 e. The van der Waals surface area contributed by atoms with Crippen molar-refractivity contribution >= 4 is 17.3 Å². The Morgan fingerprint density at radius 3 is 2.62 bits per heavy atom. The largest absolute Gasteiger partial charge is 0.392 e. The fourth-order valence-corrected chi connectivity index (χ4v) is 1.98. The average Bonchev–Trinajstić information content (AvgIpc) is 2.28. The van der Waals surface area contributed by atoms with Crippen LogP contribution in [0.3, 0.4) is 0 Å². The molecular formula is C13H20ClNO. The van der Waals surface area contributed by atoms with Crippen LogP contribution in [0.1, 0.15) is 32.3 Å². The summed E-state index contributed by atoms with van der Waals surface area (Å²) in [6.07, 6.45) is 2.34. The molecule has 16 heavy (non-hydrogen) atoms. The molecule has 0 spiro atoms. The maximum atomic E-state index is 9.04. The van der Waals surface area contributed by atoms with Gasteiger partial charge in [-0.1, -0.05) is 31.0 Å². The van der Waals surface area contributed by atoms with Gasteiger partial charge in [-0.15, -0.1) is 0 Å². The van der Waals surface area contributed by atoms with Gasteiger partial charge in [0.25, 0.3) is 0 Å². The predicted octanol–water partition coefficient (Wildman–Crippen LogP) is 3.46. The molecule has 0 heterocycles. The summed E-state index contributed by atoms with van der Waals surface area (Å²) in [5.41, 5.74) is 1.88. The zero-order valence-electron chi connectivity index (χ0n) is 10.2. The van der Waals surface area contributed by atoms with Gasteiger partial charge in [0, 0.05) is 23.8 Å². The highest BCUT2D eigenvalue weighted by Crippen LogP contribution is 2.25. The average molecular weight is 242 g/mol. The van der Waals surface area contributed by atoms with Crippen LogP contribution in [0.2, 0.25) is 5.02 Å². The molecule has 1 rings (SSSR count). The molecule has 0 radical (unpaired) electrons. The van der Waals surface area contributed by atoms with Crippen molar-refractivity contribution in [1.82, 2.24) is 0 Å². The Morgan fingerprint density at radius 1 is 1.44 bits per heavy atom. The first-order chi connectivity index (χ1) is 7.60. The zero-order valence-corrected chi connectivity index (χ0v) is 11.0. The van der Waals surface area contributed by atoms with E-state index < -0.39 is 0 Å². The second-order valence-electron chi connectivity index (χ2n) is 4.18. The summed E-state index contributed by atoms with van der Waals surface area (Å²) in [7, 11) is 2.07. The highest BCUT2D eigenvalue weighted by atomic mass is 35.5. The van der Waals surface area contributed by atoms with E-state index in [2.05, 4.69) is 25.8 Å². The first kappa shape index (κ1) is 13.3. The summed E-state index contributed by atoms with van der Waals surface area (Å²) in [5, 5.41) is 9.68. The van der Waals surface area contributed by atoms with E-state index in [0.717, 1.165) is 17.7 Å². The van der Waals surface area contributed by atoms with Crippen LogP contribution in [0.15, 0.2) is 18.2 Å². The molecule has 1 aromatic carbocycles. The molecule has 0 aromatic heterocycles. The van der Waals surface area contributed by atoms with Crippen LogP contribution in [-0.4, -0.2) is 18.2 Å². The molecule has 0 aliphatic heterocycles. The molecule has 0 amide bonds. The molecule has 0 aliphatic rings. The minimum absolute atomic E-state index is 0.00661. The third-order valence-electron chi connectivity index (χ3n) is 2.98. The molecule has 0 saturated carbocycles. The maximum absolute atomic E-state index is 9.04. The smallest absolute Gasteiger partial charge is 0.0696 e. The summed E-state index contributed by atoms with van der Waals surface area (Å²) in [4.78, 5) is 2.22.